The van der Waals surface area contributed by atoms with Gasteiger partial charge in [-0.15, -0.1) is 0 Å². The molecule has 1 aliphatic rings. The van der Waals surface area contributed by atoms with Crippen molar-refractivity contribution in [1.29, 1.82) is 0 Å². The molecule has 1 aliphatic heterocycles. The molecule has 1 aromatic heterocycles. The molecule has 214 valence electrons. The Hall–Kier alpha value is -5.57. The summed E-state index contributed by atoms with van der Waals surface area (Å²) in [5, 5.41) is 7.40. The maximum atomic E-state index is 6.34. The minimum Gasteiger partial charge on any atom is -0.456 e. The van der Waals surface area contributed by atoms with Crippen LogP contribution in [0.1, 0.15) is 0 Å². The monoisotopic (exact) mass is 602 g/mol. The lowest BCUT2D eigenvalue weighted by Gasteiger charge is -2.21. The Kier molecular flexibility index (Phi) is 5.58. The third-order valence-electron chi connectivity index (χ3n) is 9.47. The Morgan fingerprint density at radius 2 is 1.07 bits per heavy atom. The van der Waals surface area contributed by atoms with E-state index in [1.807, 2.05) is 11.8 Å². The minimum atomic E-state index is 0.919. The average Bonchev–Trinajstić information content (AvgIpc) is 3.48. The number of benzene rings is 8. The van der Waals surface area contributed by atoms with Crippen molar-refractivity contribution >= 4 is 55.2 Å². The SMILES string of the molecule is c1cc(-c2ccc(-c3cccc4oc5cc6ccccc6cc5c34)cc2)cc(-c2ccc3c4c(cccc24)-c2ccccc2S3)c1. The van der Waals surface area contributed by atoms with Crippen molar-refractivity contribution in [3.05, 3.63) is 158 Å². The molecule has 0 spiro atoms. The molecule has 0 bridgehead atoms. The maximum absolute atomic E-state index is 6.34. The van der Waals surface area contributed by atoms with Gasteiger partial charge in [0, 0.05) is 25.9 Å². The molecular formula is C44H26OS. The molecule has 9 aromatic rings. The van der Waals surface area contributed by atoms with E-state index >= 15 is 0 Å². The molecule has 0 N–H and O–H groups in total. The standard InChI is InChI=1S/C44H26OS/c1-2-9-31-26-40-38(25-30(31)8-1)43-34(13-7-16-39(43)45-40)28-20-18-27(19-21-28)29-10-5-11-32(24-29)33-22-23-42-44-36(33)14-6-15-37(44)35-12-3-4-17-41(35)46-42/h1-26H. The maximum Gasteiger partial charge on any atom is 0.136 e. The van der Waals surface area contributed by atoms with Crippen LogP contribution in [0, 0.1) is 0 Å². The second-order valence-corrected chi connectivity index (χ2v) is 13.2. The predicted molar refractivity (Wildman–Crippen MR) is 195 cm³/mol. The molecule has 46 heavy (non-hydrogen) atoms. The van der Waals surface area contributed by atoms with Crippen LogP contribution in [-0.4, -0.2) is 0 Å². The molecule has 2 heterocycles. The topological polar surface area (TPSA) is 13.1 Å². The Morgan fingerprint density at radius 1 is 0.348 bits per heavy atom. The van der Waals surface area contributed by atoms with Crippen molar-refractivity contribution in [2.24, 2.45) is 0 Å². The molecule has 0 saturated heterocycles. The predicted octanol–water partition coefficient (Wildman–Crippen LogP) is 13.0. The van der Waals surface area contributed by atoms with Gasteiger partial charge in [-0.1, -0.05) is 133 Å². The molecule has 10 rings (SSSR count). The fraction of sp³-hybridized carbons (Fsp3) is 0. The van der Waals surface area contributed by atoms with Crippen LogP contribution in [-0.2, 0) is 0 Å². The minimum absolute atomic E-state index is 0.919. The number of fused-ring (bicyclic) bond motifs is 6. The molecular weight excluding hydrogens is 577 g/mol. The van der Waals surface area contributed by atoms with Gasteiger partial charge in [0.05, 0.1) is 0 Å². The smallest absolute Gasteiger partial charge is 0.136 e. The van der Waals surface area contributed by atoms with E-state index in [9.17, 15) is 0 Å². The first-order chi connectivity index (χ1) is 22.8. The highest BCUT2D eigenvalue weighted by Crippen LogP contribution is 2.49. The van der Waals surface area contributed by atoms with Crippen LogP contribution >= 0.6 is 11.8 Å². The normalized spacial score (nSPS) is 12.3. The summed E-state index contributed by atoms with van der Waals surface area (Å²) in [6, 6.07) is 57.3. The van der Waals surface area contributed by atoms with E-state index in [2.05, 4.69) is 158 Å². The first kappa shape index (κ1) is 25.7. The summed E-state index contributed by atoms with van der Waals surface area (Å²) in [5.41, 5.74) is 11.8. The third-order valence-corrected chi connectivity index (χ3v) is 10.6. The van der Waals surface area contributed by atoms with Gasteiger partial charge in [-0.25, -0.2) is 0 Å². The van der Waals surface area contributed by atoms with Crippen molar-refractivity contribution in [2.75, 3.05) is 0 Å². The third kappa shape index (κ3) is 3.90. The van der Waals surface area contributed by atoms with Gasteiger partial charge in [0.2, 0.25) is 0 Å². The number of rotatable bonds is 3. The second kappa shape index (κ2) is 9.97. The first-order valence-corrected chi connectivity index (χ1v) is 16.5. The Bertz CT molecular complexity index is 2660. The second-order valence-electron chi connectivity index (χ2n) is 12.1. The van der Waals surface area contributed by atoms with Gasteiger partial charge >= 0.3 is 0 Å². The number of hydrogen-bond donors (Lipinski definition) is 0. The van der Waals surface area contributed by atoms with Gasteiger partial charge in [-0.2, -0.15) is 0 Å². The van der Waals surface area contributed by atoms with Gasteiger partial charge < -0.3 is 4.42 Å². The summed E-state index contributed by atoms with van der Waals surface area (Å²) in [6.45, 7) is 0. The fourth-order valence-corrected chi connectivity index (χ4v) is 8.42. The van der Waals surface area contributed by atoms with Crippen LogP contribution in [0.4, 0.5) is 0 Å². The summed E-state index contributed by atoms with van der Waals surface area (Å²) in [4.78, 5) is 2.65. The molecule has 0 radical (unpaired) electrons. The quantitative estimate of drug-likeness (QED) is 0.200. The van der Waals surface area contributed by atoms with Gasteiger partial charge in [0.25, 0.3) is 0 Å². The highest BCUT2D eigenvalue weighted by Gasteiger charge is 2.20. The van der Waals surface area contributed by atoms with E-state index in [-0.39, 0.29) is 0 Å². The highest BCUT2D eigenvalue weighted by atomic mass is 32.2. The van der Waals surface area contributed by atoms with Crippen LogP contribution in [0.25, 0.3) is 88.0 Å². The van der Waals surface area contributed by atoms with Crippen molar-refractivity contribution in [2.45, 2.75) is 9.79 Å². The van der Waals surface area contributed by atoms with E-state index in [1.165, 1.54) is 81.2 Å². The van der Waals surface area contributed by atoms with Crippen LogP contribution in [0.15, 0.2) is 172 Å². The summed E-state index contributed by atoms with van der Waals surface area (Å²) in [6.07, 6.45) is 0. The summed E-state index contributed by atoms with van der Waals surface area (Å²) >= 11 is 1.87. The fourth-order valence-electron chi connectivity index (χ4n) is 7.29. The molecule has 8 aromatic carbocycles. The number of furan rings is 1. The van der Waals surface area contributed by atoms with Crippen LogP contribution in [0.2, 0.25) is 0 Å². The zero-order valence-electron chi connectivity index (χ0n) is 24.8. The highest BCUT2D eigenvalue weighted by molar-refractivity contribution is 7.99. The van der Waals surface area contributed by atoms with Crippen molar-refractivity contribution in [3.8, 4) is 44.5 Å². The lowest BCUT2D eigenvalue weighted by Crippen LogP contribution is -1.94. The van der Waals surface area contributed by atoms with Crippen molar-refractivity contribution in [1.82, 2.24) is 0 Å². The van der Waals surface area contributed by atoms with Gasteiger partial charge in [0.1, 0.15) is 11.2 Å². The zero-order chi connectivity index (χ0) is 30.2. The largest absolute Gasteiger partial charge is 0.456 e. The lowest BCUT2D eigenvalue weighted by molar-refractivity contribution is 0.669. The zero-order valence-corrected chi connectivity index (χ0v) is 25.6. The van der Waals surface area contributed by atoms with Gasteiger partial charge in [-0.3, -0.25) is 0 Å². The van der Waals surface area contributed by atoms with Crippen molar-refractivity contribution < 1.29 is 4.42 Å². The molecule has 0 aliphatic carbocycles. The molecule has 0 unspecified atom stereocenters. The molecule has 0 saturated carbocycles. The van der Waals surface area contributed by atoms with E-state index in [4.69, 9.17) is 4.42 Å². The molecule has 0 fully saturated rings. The van der Waals surface area contributed by atoms with E-state index in [0.717, 1.165) is 16.6 Å². The molecule has 2 heteroatoms. The van der Waals surface area contributed by atoms with E-state index < -0.39 is 0 Å². The summed E-state index contributed by atoms with van der Waals surface area (Å²) in [7, 11) is 0. The molecule has 0 amide bonds. The number of hydrogen-bond acceptors (Lipinski definition) is 2. The van der Waals surface area contributed by atoms with Gasteiger partial charge in [0.15, 0.2) is 0 Å². The van der Waals surface area contributed by atoms with Gasteiger partial charge in [-0.05, 0) is 97.1 Å². The van der Waals surface area contributed by atoms with Crippen LogP contribution in [0.3, 0.4) is 0 Å². The lowest BCUT2D eigenvalue weighted by atomic mass is 9.91. The Labute approximate surface area is 270 Å². The van der Waals surface area contributed by atoms with Crippen molar-refractivity contribution in [3.63, 3.8) is 0 Å². The van der Waals surface area contributed by atoms with Crippen LogP contribution < -0.4 is 0 Å². The van der Waals surface area contributed by atoms with E-state index in [1.54, 1.807) is 0 Å². The average molecular weight is 603 g/mol. The Morgan fingerprint density at radius 3 is 1.98 bits per heavy atom. The van der Waals surface area contributed by atoms with Crippen LogP contribution in [0.5, 0.6) is 0 Å². The molecule has 0 atom stereocenters. The molecule has 1 nitrogen and oxygen atoms in total. The first-order valence-electron chi connectivity index (χ1n) is 15.7. The summed E-state index contributed by atoms with van der Waals surface area (Å²) < 4.78 is 6.34. The van der Waals surface area contributed by atoms with E-state index in [0.29, 0.717) is 0 Å². The Balaban J connectivity index is 1.05. The summed E-state index contributed by atoms with van der Waals surface area (Å²) in [5.74, 6) is 0.